The van der Waals surface area contributed by atoms with E-state index in [2.05, 4.69) is 0 Å². The molecule has 0 aromatic heterocycles. The largest absolute Gasteiger partial charge is 0.378 e. The molecule has 3 nitrogen and oxygen atoms in total. The molecule has 0 spiro atoms. The summed E-state index contributed by atoms with van der Waals surface area (Å²) in [5.74, 6) is 0. The Morgan fingerprint density at radius 2 is 2.30 bits per heavy atom. The van der Waals surface area contributed by atoms with E-state index in [1.54, 1.807) is 0 Å². The Morgan fingerprint density at radius 3 is 2.90 bits per heavy atom. The van der Waals surface area contributed by atoms with Crippen LogP contribution in [-0.2, 0) is 0 Å². The fourth-order valence-corrected chi connectivity index (χ4v) is 1.40. The van der Waals surface area contributed by atoms with Crippen LogP contribution in [0.2, 0.25) is 0 Å². The van der Waals surface area contributed by atoms with Crippen LogP contribution in [0.25, 0.3) is 0 Å². The lowest BCUT2D eigenvalue weighted by Gasteiger charge is -2.31. The van der Waals surface area contributed by atoms with Crippen LogP contribution in [0.15, 0.2) is 0 Å². The maximum atomic E-state index is 9.37. The molecule has 0 aromatic carbocycles. The van der Waals surface area contributed by atoms with Gasteiger partial charge in [-0.05, 0) is 19.3 Å². The van der Waals surface area contributed by atoms with Gasteiger partial charge in [-0.2, -0.15) is 0 Å². The Hall–Kier alpha value is -0.120. The highest BCUT2D eigenvalue weighted by Crippen LogP contribution is 2.13. The lowest BCUT2D eigenvalue weighted by Crippen LogP contribution is -2.41. The summed E-state index contributed by atoms with van der Waals surface area (Å²) in [5.41, 5.74) is 5.37. The van der Waals surface area contributed by atoms with Crippen molar-refractivity contribution in [2.24, 2.45) is 5.73 Å². The minimum absolute atomic E-state index is 0.225. The first-order chi connectivity index (χ1) is 4.84. The predicted molar refractivity (Wildman–Crippen MR) is 40.5 cm³/mol. The third-order valence-corrected chi connectivity index (χ3v) is 2.00. The van der Waals surface area contributed by atoms with Crippen molar-refractivity contribution in [3.05, 3.63) is 0 Å². The molecule has 1 saturated heterocycles. The number of piperidine rings is 1. The maximum absolute atomic E-state index is 9.37. The minimum Gasteiger partial charge on any atom is -0.378 e. The molecule has 0 saturated carbocycles. The molecule has 1 heterocycles. The molecular weight excluding hydrogens is 128 g/mol. The van der Waals surface area contributed by atoms with Crippen LogP contribution in [0.3, 0.4) is 0 Å². The Morgan fingerprint density at radius 1 is 1.50 bits per heavy atom. The number of nitrogens with zero attached hydrogens (tertiary/aromatic N) is 1. The van der Waals surface area contributed by atoms with Crippen molar-refractivity contribution >= 4 is 0 Å². The van der Waals surface area contributed by atoms with Gasteiger partial charge in [0.05, 0.1) is 0 Å². The third-order valence-electron chi connectivity index (χ3n) is 2.00. The summed E-state index contributed by atoms with van der Waals surface area (Å²) in [6.07, 6.45) is 3.05. The molecule has 3 N–H and O–H groups in total. The number of rotatable bonds is 2. The van der Waals surface area contributed by atoms with E-state index in [1.807, 2.05) is 4.90 Å². The van der Waals surface area contributed by atoms with Crippen molar-refractivity contribution in [1.29, 1.82) is 0 Å². The molecule has 0 aromatic rings. The highest BCUT2D eigenvalue weighted by Gasteiger charge is 2.17. The lowest BCUT2D eigenvalue weighted by molar-refractivity contribution is -0.0214. The molecule has 1 rings (SSSR count). The quantitative estimate of drug-likeness (QED) is 0.562. The zero-order chi connectivity index (χ0) is 7.40. The number of hydrogen-bond acceptors (Lipinski definition) is 3. The smallest absolute Gasteiger partial charge is 0.107 e. The number of aliphatic hydroxyl groups excluding tert-OH is 1. The Balaban J connectivity index is 2.25. The molecule has 0 bridgehead atoms. The number of likely N-dealkylation sites (tertiary alicyclic amines) is 1. The average Bonchev–Trinajstić information content (AvgIpc) is 1.94. The summed E-state index contributed by atoms with van der Waals surface area (Å²) in [6.45, 7) is 2.50. The van der Waals surface area contributed by atoms with Gasteiger partial charge in [0.25, 0.3) is 0 Å². The van der Waals surface area contributed by atoms with E-state index in [1.165, 1.54) is 6.42 Å². The highest BCUT2D eigenvalue weighted by molar-refractivity contribution is 4.68. The molecule has 60 valence electrons. The van der Waals surface area contributed by atoms with E-state index in [4.69, 9.17) is 5.73 Å². The van der Waals surface area contributed by atoms with Gasteiger partial charge in [0, 0.05) is 19.6 Å². The number of nitrogens with two attached hydrogens (primary N) is 1. The van der Waals surface area contributed by atoms with Crippen LogP contribution < -0.4 is 5.73 Å². The first-order valence-electron chi connectivity index (χ1n) is 3.97. The van der Waals surface area contributed by atoms with Crippen molar-refractivity contribution in [3.8, 4) is 0 Å². The summed E-state index contributed by atoms with van der Waals surface area (Å²) in [5, 5.41) is 9.37. The second-order valence-electron chi connectivity index (χ2n) is 2.80. The molecular formula is C7H16N2O. The van der Waals surface area contributed by atoms with E-state index < -0.39 is 0 Å². The van der Waals surface area contributed by atoms with E-state index in [-0.39, 0.29) is 6.23 Å². The molecule has 3 heteroatoms. The normalized spacial score (nSPS) is 28.8. The monoisotopic (exact) mass is 144 g/mol. The van der Waals surface area contributed by atoms with Crippen molar-refractivity contribution in [3.63, 3.8) is 0 Å². The number of hydrogen-bond donors (Lipinski definition) is 2. The van der Waals surface area contributed by atoms with Gasteiger partial charge in [-0.25, -0.2) is 0 Å². The Labute approximate surface area is 61.8 Å². The van der Waals surface area contributed by atoms with Crippen LogP contribution >= 0.6 is 0 Å². The highest BCUT2D eigenvalue weighted by atomic mass is 16.3. The fourth-order valence-electron chi connectivity index (χ4n) is 1.40. The fraction of sp³-hybridized carbons (Fsp3) is 1.00. The van der Waals surface area contributed by atoms with Gasteiger partial charge >= 0.3 is 0 Å². The van der Waals surface area contributed by atoms with E-state index >= 15 is 0 Å². The molecule has 0 aliphatic carbocycles. The van der Waals surface area contributed by atoms with E-state index in [0.717, 1.165) is 25.9 Å². The molecule has 10 heavy (non-hydrogen) atoms. The van der Waals surface area contributed by atoms with Gasteiger partial charge in [-0.3, -0.25) is 4.90 Å². The standard InChI is InChI=1S/C7H16N2O/c8-4-6-9-5-2-1-3-7(9)10/h7,10H,1-6,8H2. The van der Waals surface area contributed by atoms with Gasteiger partial charge < -0.3 is 10.8 Å². The number of aliphatic hydroxyl groups is 1. The van der Waals surface area contributed by atoms with E-state index in [9.17, 15) is 5.11 Å². The third kappa shape index (κ3) is 1.94. The zero-order valence-corrected chi connectivity index (χ0v) is 6.29. The van der Waals surface area contributed by atoms with Crippen molar-refractivity contribution in [2.75, 3.05) is 19.6 Å². The minimum atomic E-state index is -0.225. The molecule has 1 aliphatic heterocycles. The predicted octanol–water partition coefficient (Wildman–Crippen LogP) is -0.251. The summed E-state index contributed by atoms with van der Waals surface area (Å²) in [7, 11) is 0. The van der Waals surface area contributed by atoms with Crippen molar-refractivity contribution in [2.45, 2.75) is 25.5 Å². The van der Waals surface area contributed by atoms with Crippen LogP contribution in [0.4, 0.5) is 0 Å². The first-order valence-corrected chi connectivity index (χ1v) is 3.97. The Kier molecular flexibility index (Phi) is 3.12. The lowest BCUT2D eigenvalue weighted by atomic mass is 10.1. The van der Waals surface area contributed by atoms with Crippen LogP contribution in [0.5, 0.6) is 0 Å². The van der Waals surface area contributed by atoms with E-state index in [0.29, 0.717) is 6.54 Å². The van der Waals surface area contributed by atoms with Gasteiger partial charge in [-0.1, -0.05) is 0 Å². The van der Waals surface area contributed by atoms with Crippen LogP contribution in [-0.4, -0.2) is 35.9 Å². The van der Waals surface area contributed by atoms with Crippen molar-refractivity contribution in [1.82, 2.24) is 4.90 Å². The van der Waals surface area contributed by atoms with Gasteiger partial charge in [0.1, 0.15) is 6.23 Å². The molecule has 0 amide bonds. The van der Waals surface area contributed by atoms with Crippen LogP contribution in [0.1, 0.15) is 19.3 Å². The maximum Gasteiger partial charge on any atom is 0.107 e. The Bertz CT molecular complexity index is 95.6. The van der Waals surface area contributed by atoms with Gasteiger partial charge in [0.15, 0.2) is 0 Å². The molecule has 0 radical (unpaired) electrons. The average molecular weight is 144 g/mol. The van der Waals surface area contributed by atoms with Crippen LogP contribution in [0, 0.1) is 0 Å². The summed E-state index contributed by atoms with van der Waals surface area (Å²) < 4.78 is 0. The molecule has 1 aliphatic rings. The summed E-state index contributed by atoms with van der Waals surface area (Å²) in [6, 6.07) is 0. The summed E-state index contributed by atoms with van der Waals surface area (Å²) >= 11 is 0. The second kappa shape index (κ2) is 3.91. The molecule has 1 unspecified atom stereocenters. The zero-order valence-electron chi connectivity index (χ0n) is 6.29. The van der Waals surface area contributed by atoms with Gasteiger partial charge in [-0.15, -0.1) is 0 Å². The first kappa shape index (κ1) is 7.98. The molecule has 1 atom stereocenters. The topological polar surface area (TPSA) is 49.5 Å². The van der Waals surface area contributed by atoms with Gasteiger partial charge in [0.2, 0.25) is 0 Å². The molecule has 1 fully saturated rings. The summed E-state index contributed by atoms with van der Waals surface area (Å²) in [4.78, 5) is 2.05. The van der Waals surface area contributed by atoms with Crippen molar-refractivity contribution < 1.29 is 5.11 Å². The SMILES string of the molecule is NCCN1CCCCC1O. The second-order valence-corrected chi connectivity index (χ2v) is 2.80.